The van der Waals surface area contributed by atoms with Gasteiger partial charge in [-0.05, 0) is 24.0 Å². The standard InChI is InChI=1S/2C21H18N.C14H14.Zr/c2*1-2-8-16-14-17(13-15(16)7-1)22-20-11-5-3-9-18(20)19-10-4-6-12-21(19)22;1-3-7-13(8-4-1)11-12-14-9-5-2-6-10-14;/h2*1-3,5,7-9,11,13-14H,4,6,10,12H2;1-10H,11-12H2;. The first-order valence-corrected chi connectivity index (χ1v) is 24.8. The molecule has 12 rings (SSSR count). The van der Waals surface area contributed by atoms with E-state index in [0.29, 0.717) is 7.25 Å². The summed E-state index contributed by atoms with van der Waals surface area (Å²) in [6.07, 6.45) is 17.4. The molecule has 2 unspecified atom stereocenters. The van der Waals surface area contributed by atoms with E-state index >= 15 is 0 Å². The largest absolute Gasteiger partial charge is 0.0622 e. The molecule has 0 N–H and O–H groups in total. The van der Waals surface area contributed by atoms with E-state index in [1.165, 1.54) is 95.4 Å². The quantitative estimate of drug-likeness (QED) is 0.151. The van der Waals surface area contributed by atoms with Crippen LogP contribution in [-0.4, -0.2) is 9.13 Å². The van der Waals surface area contributed by atoms with Crippen LogP contribution >= 0.6 is 0 Å². The Morgan fingerprint density at radius 3 is 1.27 bits per heavy atom. The van der Waals surface area contributed by atoms with Crippen LogP contribution in [0.3, 0.4) is 0 Å². The molecule has 0 fully saturated rings. The van der Waals surface area contributed by atoms with Crippen LogP contribution in [0.25, 0.3) is 45.4 Å². The Bertz CT molecular complexity index is 2670. The van der Waals surface area contributed by atoms with Gasteiger partial charge in [0.2, 0.25) is 0 Å². The Kier molecular flexibility index (Phi) is 10.0. The van der Waals surface area contributed by atoms with Gasteiger partial charge in [-0.2, -0.15) is 0 Å². The van der Waals surface area contributed by atoms with Crippen molar-refractivity contribution in [2.24, 2.45) is 0 Å². The van der Waals surface area contributed by atoms with E-state index in [4.69, 9.17) is 0 Å². The van der Waals surface area contributed by atoms with Crippen LogP contribution in [0.4, 0.5) is 0 Å². The molecule has 4 aliphatic rings. The number of aryl methyl sites for hydroxylation is 4. The fourth-order valence-corrected chi connectivity index (χ4v) is 15.6. The predicted molar refractivity (Wildman–Crippen MR) is 244 cm³/mol. The first kappa shape index (κ1) is 36.8. The molecule has 8 aromatic rings. The second-order valence-electron chi connectivity index (χ2n) is 16.9. The van der Waals surface area contributed by atoms with Gasteiger partial charge < -0.3 is 0 Å². The number of para-hydroxylation sites is 2. The predicted octanol–water partition coefficient (Wildman–Crippen LogP) is 13.7. The average molecular weight is 842 g/mol. The van der Waals surface area contributed by atoms with Crippen LogP contribution in [0.1, 0.15) is 88.8 Å². The zero-order valence-corrected chi connectivity index (χ0v) is 36.2. The van der Waals surface area contributed by atoms with Crippen LogP contribution in [0.2, 0.25) is 0 Å². The van der Waals surface area contributed by atoms with Crippen molar-refractivity contribution in [1.29, 1.82) is 0 Å². The second kappa shape index (κ2) is 16.1. The van der Waals surface area contributed by atoms with Crippen molar-refractivity contribution in [3.8, 4) is 0 Å². The van der Waals surface area contributed by atoms with Gasteiger partial charge in [0.15, 0.2) is 0 Å². The Morgan fingerprint density at radius 1 is 0.407 bits per heavy atom. The van der Waals surface area contributed by atoms with Crippen molar-refractivity contribution in [3.05, 3.63) is 214 Å². The van der Waals surface area contributed by atoms with Crippen molar-refractivity contribution in [2.45, 2.75) is 71.5 Å². The number of aromatic nitrogens is 2. The summed E-state index contributed by atoms with van der Waals surface area (Å²) in [7, 11) is 0. The fourth-order valence-electron chi connectivity index (χ4n) is 10.7. The molecule has 0 saturated heterocycles. The molecule has 59 heavy (non-hydrogen) atoms. The molecule has 6 aromatic carbocycles. The van der Waals surface area contributed by atoms with Gasteiger partial charge >= 0.3 is 278 Å². The molecule has 4 aliphatic carbocycles. The monoisotopic (exact) mass is 840 g/mol. The number of nitrogens with zero attached hydrogens (tertiary/aromatic N) is 2. The van der Waals surface area contributed by atoms with E-state index in [2.05, 4.69) is 179 Å². The Balaban J connectivity index is 0.000000241. The van der Waals surface area contributed by atoms with E-state index in [9.17, 15) is 0 Å². The molecule has 2 atom stereocenters. The maximum absolute atomic E-state index is 2.74. The molecule has 0 saturated carbocycles. The van der Waals surface area contributed by atoms with E-state index in [0.717, 1.165) is 12.8 Å². The summed E-state index contributed by atoms with van der Waals surface area (Å²) >= 11 is -1.16. The number of rotatable bonds is 7. The number of benzene rings is 6. The summed E-state index contributed by atoms with van der Waals surface area (Å²) in [5.74, 6) is 0. The number of hydrogen-bond acceptors (Lipinski definition) is 0. The summed E-state index contributed by atoms with van der Waals surface area (Å²) in [4.78, 5) is 0. The number of hydrogen-bond donors (Lipinski definition) is 0. The van der Waals surface area contributed by atoms with Gasteiger partial charge in [-0.1, -0.05) is 60.7 Å². The average Bonchev–Trinajstić information content (AvgIpc) is 4.04. The van der Waals surface area contributed by atoms with Crippen LogP contribution in [-0.2, 0) is 61.8 Å². The number of fused-ring (bicyclic) bond motifs is 8. The molecular weight excluding hydrogens is 792 g/mol. The fraction of sp³-hybridized carbons (Fsp3) is 0.214. The van der Waals surface area contributed by atoms with Gasteiger partial charge in [-0.25, -0.2) is 0 Å². The Hall–Kier alpha value is -5.24. The van der Waals surface area contributed by atoms with Gasteiger partial charge in [0.1, 0.15) is 0 Å². The molecule has 0 aliphatic heterocycles. The molecule has 0 radical (unpaired) electrons. The van der Waals surface area contributed by atoms with Gasteiger partial charge in [0.05, 0.1) is 0 Å². The summed E-state index contributed by atoms with van der Waals surface area (Å²) < 4.78 is 6.46. The molecular formula is C56H50N2Zr. The van der Waals surface area contributed by atoms with Gasteiger partial charge in [-0.15, -0.1) is 0 Å². The van der Waals surface area contributed by atoms with Crippen molar-refractivity contribution in [3.63, 3.8) is 0 Å². The van der Waals surface area contributed by atoms with Gasteiger partial charge in [0, 0.05) is 0 Å². The van der Waals surface area contributed by atoms with Crippen molar-refractivity contribution in [1.82, 2.24) is 9.13 Å². The zero-order chi connectivity index (χ0) is 39.1. The minimum atomic E-state index is -1.16. The molecule has 2 heterocycles. The molecule has 2 nitrogen and oxygen atoms in total. The third-order valence-corrected chi connectivity index (χ3v) is 18.0. The third-order valence-electron chi connectivity index (χ3n) is 13.4. The van der Waals surface area contributed by atoms with E-state index < -0.39 is 23.2 Å². The van der Waals surface area contributed by atoms with Crippen molar-refractivity contribution in [2.75, 3.05) is 0 Å². The van der Waals surface area contributed by atoms with Crippen LogP contribution < -0.4 is 0 Å². The normalized spacial score (nSPS) is 17.6. The third kappa shape index (κ3) is 6.77. The minimum Gasteiger partial charge on any atom is -0.0622 e. The van der Waals surface area contributed by atoms with Gasteiger partial charge in [0.25, 0.3) is 0 Å². The molecule has 2 aromatic heterocycles. The molecule has 0 spiro atoms. The topological polar surface area (TPSA) is 9.86 Å². The van der Waals surface area contributed by atoms with Crippen molar-refractivity contribution < 1.29 is 23.2 Å². The number of allylic oxidation sites excluding steroid dienone is 2. The zero-order valence-electron chi connectivity index (χ0n) is 33.8. The maximum atomic E-state index is 2.74. The summed E-state index contributed by atoms with van der Waals surface area (Å²) in [6, 6.07) is 58.4. The van der Waals surface area contributed by atoms with Gasteiger partial charge in [-0.3, -0.25) is 0 Å². The molecule has 3 heteroatoms. The summed E-state index contributed by atoms with van der Waals surface area (Å²) in [5.41, 5.74) is 21.1. The molecule has 0 amide bonds. The van der Waals surface area contributed by atoms with Crippen LogP contribution in [0, 0.1) is 0 Å². The summed E-state index contributed by atoms with van der Waals surface area (Å²) in [6.45, 7) is 0. The Labute approximate surface area is 360 Å². The second-order valence-corrected chi connectivity index (χ2v) is 20.5. The van der Waals surface area contributed by atoms with Crippen LogP contribution in [0.15, 0.2) is 158 Å². The first-order chi connectivity index (χ1) is 29.3. The summed E-state index contributed by atoms with van der Waals surface area (Å²) in [5, 5.41) is 2.95. The molecule has 0 bridgehead atoms. The van der Waals surface area contributed by atoms with E-state index in [1.54, 1.807) is 45.0 Å². The van der Waals surface area contributed by atoms with Crippen LogP contribution in [0.5, 0.6) is 0 Å². The maximum Gasteiger partial charge on any atom is -0.0238 e. The SMILES string of the molecule is C1=C(n2c3c(c4ccccc42)CCCC3)[CH]([Zr][CH]2C(n3c4c(c5ccccc53)CCCC4)=Cc3ccccc32)c2ccccc21.c1ccc(CCc2ccccc2)cc1. The van der Waals surface area contributed by atoms with E-state index in [1.807, 2.05) is 0 Å². The smallest absolute Gasteiger partial charge is 0.0238 e. The Morgan fingerprint density at radius 2 is 0.797 bits per heavy atom. The van der Waals surface area contributed by atoms with E-state index in [-0.39, 0.29) is 0 Å². The minimum absolute atomic E-state index is 0.490. The first-order valence-electron chi connectivity index (χ1n) is 22.0. The molecule has 288 valence electrons. The van der Waals surface area contributed by atoms with Crippen molar-refractivity contribution >= 4 is 45.4 Å².